The Hall–Kier alpha value is -8.52. The molecule has 0 atom stereocenters. The number of rotatable bonds is 25. The number of hydrogen-bond donors (Lipinski definition) is 2. The molecule has 414 valence electrons. The van der Waals surface area contributed by atoms with Gasteiger partial charge in [-0.25, -0.2) is 29.9 Å². The molecule has 0 spiro atoms. The highest BCUT2D eigenvalue weighted by Crippen LogP contribution is 2.36. The van der Waals surface area contributed by atoms with Gasteiger partial charge in [0.15, 0.2) is 34.9 Å². The fraction of sp³-hybridized carbons (Fsp3) is 0.333. The zero-order chi connectivity index (χ0) is 56.7. The number of aryl methyl sites for hydroxylation is 8. The van der Waals surface area contributed by atoms with Crippen LogP contribution in [0.3, 0.4) is 0 Å². The van der Waals surface area contributed by atoms with Crippen LogP contribution in [0.4, 0.5) is 0 Å². The molecular weight excluding hydrogens is 1000 g/mol. The fourth-order valence-corrected chi connectivity index (χ4v) is 9.69. The number of esters is 2. The van der Waals surface area contributed by atoms with Crippen LogP contribution in [0.2, 0.25) is 0 Å². The molecule has 14 heteroatoms. The number of carbonyl (C=O) groups is 2. The smallest absolute Gasteiger partial charge is 0.305 e. The maximum atomic E-state index is 12.4. The Morgan fingerprint density at radius 1 is 0.338 bits per heavy atom. The lowest BCUT2D eigenvalue weighted by atomic mass is 10.0. The fourth-order valence-electron chi connectivity index (χ4n) is 9.69. The second kappa shape index (κ2) is 27.4. The molecule has 0 saturated heterocycles. The Morgan fingerprint density at radius 3 is 0.875 bits per heavy atom. The number of benzene rings is 6. The lowest BCUT2D eigenvalue weighted by Gasteiger charge is -2.13. The average Bonchev–Trinajstić information content (AvgIpc) is 3.52. The number of ether oxygens (including phenoxy) is 4. The van der Waals surface area contributed by atoms with Crippen LogP contribution in [-0.4, -0.2) is 78.5 Å². The van der Waals surface area contributed by atoms with Crippen molar-refractivity contribution in [1.29, 1.82) is 0 Å². The summed E-state index contributed by atoms with van der Waals surface area (Å²) < 4.78 is 22.5. The first-order valence-corrected chi connectivity index (χ1v) is 27.6. The average molecular weight is 1080 g/mol. The van der Waals surface area contributed by atoms with E-state index in [-0.39, 0.29) is 49.9 Å². The van der Waals surface area contributed by atoms with E-state index in [0.29, 0.717) is 70.4 Å². The third kappa shape index (κ3) is 15.6. The predicted octanol–water partition coefficient (Wildman–Crippen LogP) is 14.4. The van der Waals surface area contributed by atoms with Crippen LogP contribution in [0.25, 0.3) is 68.3 Å². The summed E-state index contributed by atoms with van der Waals surface area (Å²) in [5, 5.41) is 22.4. The number of aromatic hydroxyl groups is 2. The van der Waals surface area contributed by atoms with E-state index in [9.17, 15) is 19.8 Å². The molecule has 6 aromatic carbocycles. The molecule has 0 aliphatic rings. The first-order chi connectivity index (χ1) is 38.6. The van der Waals surface area contributed by atoms with E-state index in [4.69, 9.17) is 48.9 Å². The van der Waals surface area contributed by atoms with Crippen molar-refractivity contribution in [1.82, 2.24) is 29.9 Å². The minimum absolute atomic E-state index is 0.0448. The monoisotopic (exact) mass is 1080 g/mol. The van der Waals surface area contributed by atoms with Crippen LogP contribution < -0.4 is 9.47 Å². The van der Waals surface area contributed by atoms with Crippen molar-refractivity contribution < 1.29 is 38.7 Å². The van der Waals surface area contributed by atoms with Crippen LogP contribution >= 0.6 is 0 Å². The first kappa shape index (κ1) is 57.6. The molecule has 0 bridgehead atoms. The number of nitrogens with zero attached hydrogens (tertiary/aromatic N) is 6. The molecule has 0 unspecified atom stereocenters. The lowest BCUT2D eigenvalue weighted by molar-refractivity contribution is -0.145. The van der Waals surface area contributed by atoms with Crippen molar-refractivity contribution in [3.8, 4) is 91.3 Å². The van der Waals surface area contributed by atoms with Crippen LogP contribution in [0.5, 0.6) is 23.0 Å². The molecule has 80 heavy (non-hydrogen) atoms. The third-order valence-corrected chi connectivity index (χ3v) is 13.9. The molecular formula is C66H72N6O8. The number of phenols is 2. The van der Waals surface area contributed by atoms with Gasteiger partial charge in [0, 0.05) is 47.2 Å². The first-order valence-electron chi connectivity index (χ1n) is 27.6. The standard InChI is InChI=1S/C66H72N6O8/c1-41-19-25-51(45(5)35-41)61-67-62(52-26-20-42(2)36-46(52)6)70-65(69-61)55-29-23-49(39-57(55)73)77-31-33-79-59(75)17-15-13-11-9-10-12-14-16-18-60(76)80-34-32-78-50-24-30-56(58(74)40-50)66-71-63(53-27-21-43(3)37-47(53)7)68-64(72-66)54-28-22-44(4)38-48(54)8/h19-30,35-40,73-74H,9-18,31-34H2,1-8H3. The van der Waals surface area contributed by atoms with Crippen LogP contribution in [0.1, 0.15) is 109 Å². The Balaban J connectivity index is 0.686. The van der Waals surface area contributed by atoms with Crippen LogP contribution in [0.15, 0.2) is 109 Å². The zero-order valence-electron chi connectivity index (χ0n) is 47.3. The maximum Gasteiger partial charge on any atom is 0.305 e. The molecule has 0 aliphatic heterocycles. The van der Waals surface area contributed by atoms with E-state index in [1.165, 1.54) is 12.1 Å². The molecule has 2 N–H and O–H groups in total. The van der Waals surface area contributed by atoms with E-state index in [1.54, 1.807) is 24.3 Å². The van der Waals surface area contributed by atoms with Crippen molar-refractivity contribution in [2.24, 2.45) is 0 Å². The molecule has 0 radical (unpaired) electrons. The van der Waals surface area contributed by atoms with E-state index in [1.807, 2.05) is 104 Å². The number of hydrogen-bond acceptors (Lipinski definition) is 14. The molecule has 14 nitrogen and oxygen atoms in total. The summed E-state index contributed by atoms with van der Waals surface area (Å²) in [6, 6.07) is 34.5. The number of phenolic OH excluding ortho intramolecular Hbond substituents is 2. The van der Waals surface area contributed by atoms with Gasteiger partial charge in [-0.2, -0.15) is 0 Å². The van der Waals surface area contributed by atoms with Crippen LogP contribution in [0, 0.1) is 55.4 Å². The van der Waals surface area contributed by atoms with Crippen molar-refractivity contribution in [3.63, 3.8) is 0 Å². The summed E-state index contributed by atoms with van der Waals surface area (Å²) in [5.41, 5.74) is 13.1. The topological polar surface area (TPSA) is 189 Å². The summed E-state index contributed by atoms with van der Waals surface area (Å²) in [4.78, 5) is 53.9. The van der Waals surface area contributed by atoms with Gasteiger partial charge in [0.05, 0.1) is 11.1 Å². The molecule has 2 aromatic heterocycles. The number of carbonyl (C=O) groups excluding carboxylic acids is 2. The molecule has 8 aromatic rings. The Bertz CT molecular complexity index is 3120. The van der Waals surface area contributed by atoms with Gasteiger partial charge in [-0.3, -0.25) is 9.59 Å². The SMILES string of the molecule is Cc1ccc(-c2nc(-c3ccc(C)cc3C)nc(-c3ccc(OCCOC(=O)CCCCCCCCCCC(=O)OCCOc4ccc(-c5nc(-c6ccc(C)cc6C)nc(-c6ccc(C)cc6C)n5)c(O)c4)cc3O)n2)c(C)c1. The quantitative estimate of drug-likeness (QED) is 0.0406. The molecule has 2 heterocycles. The zero-order valence-corrected chi connectivity index (χ0v) is 47.3. The molecule has 0 amide bonds. The summed E-state index contributed by atoms with van der Waals surface area (Å²) >= 11 is 0. The van der Waals surface area contributed by atoms with Crippen molar-refractivity contribution in [3.05, 3.63) is 154 Å². The molecule has 8 rings (SSSR count). The van der Waals surface area contributed by atoms with Gasteiger partial charge in [0.1, 0.15) is 49.4 Å². The van der Waals surface area contributed by atoms with Gasteiger partial charge in [-0.15, -0.1) is 0 Å². The van der Waals surface area contributed by atoms with Gasteiger partial charge < -0.3 is 29.2 Å². The number of unbranched alkanes of at least 4 members (excludes halogenated alkanes) is 7. The van der Waals surface area contributed by atoms with E-state index in [2.05, 4.69) is 24.3 Å². The molecule has 0 aliphatic carbocycles. The summed E-state index contributed by atoms with van der Waals surface area (Å²) in [6.45, 7) is 16.8. The van der Waals surface area contributed by atoms with Crippen molar-refractivity contribution in [2.75, 3.05) is 26.4 Å². The Morgan fingerprint density at radius 2 is 0.600 bits per heavy atom. The number of aromatic nitrogens is 6. The van der Waals surface area contributed by atoms with E-state index >= 15 is 0 Å². The van der Waals surface area contributed by atoms with Gasteiger partial charge in [0.2, 0.25) is 0 Å². The Labute approximate surface area is 469 Å². The normalized spacial score (nSPS) is 11.2. The Kier molecular flexibility index (Phi) is 19.7. The highest BCUT2D eigenvalue weighted by atomic mass is 16.6. The van der Waals surface area contributed by atoms with Gasteiger partial charge in [0.25, 0.3) is 0 Å². The minimum atomic E-state index is -0.268. The molecule has 0 saturated carbocycles. The van der Waals surface area contributed by atoms with Crippen LogP contribution in [-0.2, 0) is 19.1 Å². The van der Waals surface area contributed by atoms with Crippen molar-refractivity contribution >= 4 is 11.9 Å². The third-order valence-electron chi connectivity index (χ3n) is 13.9. The second-order valence-electron chi connectivity index (χ2n) is 20.7. The van der Waals surface area contributed by atoms with Gasteiger partial charge in [-0.1, -0.05) is 134 Å². The summed E-state index contributed by atoms with van der Waals surface area (Å²) in [5.74, 6) is 2.98. The largest absolute Gasteiger partial charge is 0.507 e. The second-order valence-corrected chi connectivity index (χ2v) is 20.7. The molecule has 0 fully saturated rings. The van der Waals surface area contributed by atoms with Gasteiger partial charge in [-0.05, 0) is 115 Å². The maximum absolute atomic E-state index is 12.4. The van der Waals surface area contributed by atoms with E-state index in [0.717, 1.165) is 118 Å². The predicted molar refractivity (Wildman–Crippen MR) is 313 cm³/mol. The highest BCUT2D eigenvalue weighted by Gasteiger charge is 2.20. The van der Waals surface area contributed by atoms with Crippen molar-refractivity contribution in [2.45, 2.75) is 120 Å². The minimum Gasteiger partial charge on any atom is -0.507 e. The highest BCUT2D eigenvalue weighted by molar-refractivity contribution is 5.75. The van der Waals surface area contributed by atoms with Gasteiger partial charge >= 0.3 is 11.9 Å². The lowest BCUT2D eigenvalue weighted by Crippen LogP contribution is -2.12. The summed E-state index contributed by atoms with van der Waals surface area (Å²) in [7, 11) is 0. The van der Waals surface area contributed by atoms with E-state index < -0.39 is 0 Å². The summed E-state index contributed by atoms with van der Waals surface area (Å²) in [6.07, 6.45) is 8.17.